The topological polar surface area (TPSA) is 67.1 Å². The summed E-state index contributed by atoms with van der Waals surface area (Å²) in [7, 11) is 1.78. The molecule has 0 fully saturated rings. The van der Waals surface area contributed by atoms with E-state index in [1.165, 1.54) is 16.0 Å². The van der Waals surface area contributed by atoms with Gasteiger partial charge in [0, 0.05) is 18.5 Å². The van der Waals surface area contributed by atoms with Crippen LogP contribution in [0.5, 0.6) is 0 Å². The Morgan fingerprint density at radius 3 is 2.79 bits per heavy atom. The summed E-state index contributed by atoms with van der Waals surface area (Å²) >= 11 is 1.73. The highest BCUT2D eigenvalue weighted by molar-refractivity contribution is 7.09. The summed E-state index contributed by atoms with van der Waals surface area (Å²) in [6.07, 6.45) is 3.27. The number of rotatable bonds is 6. The maximum absolute atomic E-state index is 4.26. The number of guanidine groups is 1. The van der Waals surface area contributed by atoms with Crippen molar-refractivity contribution in [2.24, 2.45) is 4.99 Å². The molecule has 0 radical (unpaired) electrons. The summed E-state index contributed by atoms with van der Waals surface area (Å²) in [5.41, 5.74) is 2.40. The minimum absolute atomic E-state index is 0.718. The molecule has 6 nitrogen and oxygen atoms in total. The highest BCUT2D eigenvalue weighted by Gasteiger charge is 2.01. The van der Waals surface area contributed by atoms with Crippen molar-refractivity contribution in [1.29, 1.82) is 0 Å². The molecule has 24 heavy (non-hydrogen) atoms. The van der Waals surface area contributed by atoms with Crippen molar-refractivity contribution in [3.8, 4) is 0 Å². The number of nitrogens with one attached hydrogen (secondary N) is 2. The Hall–Kier alpha value is -2.67. The van der Waals surface area contributed by atoms with Gasteiger partial charge in [0.1, 0.15) is 12.7 Å². The fourth-order valence-corrected chi connectivity index (χ4v) is 2.97. The summed E-state index contributed by atoms with van der Waals surface area (Å²) in [4.78, 5) is 9.52. The van der Waals surface area contributed by atoms with Gasteiger partial charge < -0.3 is 10.6 Å². The van der Waals surface area contributed by atoms with Crippen LogP contribution in [0.3, 0.4) is 0 Å². The number of aromatic nitrogens is 3. The molecule has 0 atom stereocenters. The van der Waals surface area contributed by atoms with E-state index in [0.29, 0.717) is 0 Å². The molecule has 7 heteroatoms. The van der Waals surface area contributed by atoms with Crippen LogP contribution >= 0.6 is 11.3 Å². The molecular weight excluding hydrogens is 320 g/mol. The van der Waals surface area contributed by atoms with Crippen molar-refractivity contribution in [2.75, 3.05) is 7.05 Å². The van der Waals surface area contributed by atoms with E-state index >= 15 is 0 Å². The number of benzene rings is 1. The highest BCUT2D eigenvalue weighted by atomic mass is 32.1. The lowest BCUT2D eigenvalue weighted by Gasteiger charge is -2.12. The molecule has 0 aliphatic carbocycles. The summed E-state index contributed by atoms with van der Waals surface area (Å²) in [5, 5.41) is 12.9. The standard InChI is InChI=1S/C17H20N6S/c1-18-17(21-10-16-6-3-7-24-16)20-9-14-4-2-5-15(8-14)11-23-13-19-12-22-23/h2-8,12-13H,9-11H2,1H3,(H2,18,20,21). The molecule has 2 heterocycles. The zero-order chi connectivity index (χ0) is 16.6. The van der Waals surface area contributed by atoms with Crippen LogP contribution in [0.1, 0.15) is 16.0 Å². The monoisotopic (exact) mass is 340 g/mol. The van der Waals surface area contributed by atoms with Gasteiger partial charge in [0.15, 0.2) is 5.96 Å². The van der Waals surface area contributed by atoms with Crippen LogP contribution in [0.4, 0.5) is 0 Å². The van der Waals surface area contributed by atoms with Gasteiger partial charge in [-0.15, -0.1) is 11.3 Å². The number of hydrogen-bond acceptors (Lipinski definition) is 4. The van der Waals surface area contributed by atoms with Crippen LogP contribution in [0.2, 0.25) is 0 Å². The molecule has 2 aromatic heterocycles. The molecule has 0 aliphatic rings. The van der Waals surface area contributed by atoms with Gasteiger partial charge in [-0.05, 0) is 22.6 Å². The summed E-state index contributed by atoms with van der Waals surface area (Å²) in [6, 6.07) is 12.6. The van der Waals surface area contributed by atoms with Gasteiger partial charge in [-0.2, -0.15) is 5.10 Å². The van der Waals surface area contributed by atoms with Gasteiger partial charge in [-0.1, -0.05) is 30.3 Å². The summed E-state index contributed by atoms with van der Waals surface area (Å²) in [6.45, 7) is 2.22. The molecule has 2 N–H and O–H groups in total. The van der Waals surface area contributed by atoms with Crippen LogP contribution in [-0.2, 0) is 19.6 Å². The Labute approximate surface area is 145 Å². The quantitative estimate of drug-likeness (QED) is 0.533. The van der Waals surface area contributed by atoms with Gasteiger partial charge in [0.25, 0.3) is 0 Å². The molecule has 3 rings (SSSR count). The van der Waals surface area contributed by atoms with Crippen molar-refractivity contribution >= 4 is 17.3 Å². The zero-order valence-corrected chi connectivity index (χ0v) is 14.3. The zero-order valence-electron chi connectivity index (χ0n) is 13.5. The second-order valence-corrected chi connectivity index (χ2v) is 6.30. The van der Waals surface area contributed by atoms with Gasteiger partial charge in [-0.25, -0.2) is 9.67 Å². The maximum atomic E-state index is 4.26. The lowest BCUT2D eigenvalue weighted by atomic mass is 10.1. The van der Waals surface area contributed by atoms with Crippen molar-refractivity contribution in [3.05, 3.63) is 70.4 Å². The lowest BCUT2D eigenvalue weighted by Crippen LogP contribution is -2.36. The second-order valence-electron chi connectivity index (χ2n) is 5.27. The predicted octanol–water partition coefficient (Wildman–Crippen LogP) is 2.25. The van der Waals surface area contributed by atoms with E-state index in [1.54, 1.807) is 31.0 Å². The smallest absolute Gasteiger partial charge is 0.191 e. The average Bonchev–Trinajstić information content (AvgIpc) is 3.29. The van der Waals surface area contributed by atoms with E-state index in [9.17, 15) is 0 Å². The molecule has 0 spiro atoms. The van der Waals surface area contributed by atoms with E-state index in [4.69, 9.17) is 0 Å². The lowest BCUT2D eigenvalue weighted by molar-refractivity contribution is 0.683. The first-order valence-corrected chi connectivity index (χ1v) is 8.58. The normalized spacial score (nSPS) is 11.5. The van der Waals surface area contributed by atoms with E-state index in [-0.39, 0.29) is 0 Å². The van der Waals surface area contributed by atoms with Crippen LogP contribution in [-0.4, -0.2) is 27.8 Å². The van der Waals surface area contributed by atoms with Crippen molar-refractivity contribution in [1.82, 2.24) is 25.4 Å². The van der Waals surface area contributed by atoms with Gasteiger partial charge >= 0.3 is 0 Å². The SMILES string of the molecule is CN=C(NCc1cccc(Cn2cncn2)c1)NCc1cccs1. The number of hydrogen-bond donors (Lipinski definition) is 2. The molecule has 0 saturated carbocycles. The Bertz CT molecular complexity index is 764. The van der Waals surface area contributed by atoms with Gasteiger partial charge in [0.05, 0.1) is 13.1 Å². The summed E-state index contributed by atoms with van der Waals surface area (Å²) < 4.78 is 1.81. The fourth-order valence-electron chi connectivity index (χ4n) is 2.33. The van der Waals surface area contributed by atoms with Crippen LogP contribution < -0.4 is 10.6 Å². The van der Waals surface area contributed by atoms with E-state index in [0.717, 1.165) is 25.6 Å². The molecule has 3 aromatic rings. The summed E-state index contributed by atoms with van der Waals surface area (Å²) in [5.74, 6) is 0.796. The number of thiophene rings is 1. The third-order valence-electron chi connectivity index (χ3n) is 3.50. The fraction of sp³-hybridized carbons (Fsp3) is 0.235. The van der Waals surface area contributed by atoms with Crippen molar-refractivity contribution in [3.63, 3.8) is 0 Å². The van der Waals surface area contributed by atoms with Crippen LogP contribution in [0, 0.1) is 0 Å². The largest absolute Gasteiger partial charge is 0.352 e. The van der Waals surface area contributed by atoms with E-state index in [2.05, 4.69) is 67.5 Å². The Morgan fingerprint density at radius 2 is 2.04 bits per heavy atom. The Balaban J connectivity index is 1.53. The van der Waals surface area contributed by atoms with Crippen molar-refractivity contribution < 1.29 is 0 Å². The van der Waals surface area contributed by atoms with Crippen LogP contribution in [0.25, 0.3) is 0 Å². The third-order valence-corrected chi connectivity index (χ3v) is 4.37. The minimum atomic E-state index is 0.718. The molecule has 0 unspecified atom stereocenters. The van der Waals surface area contributed by atoms with Crippen molar-refractivity contribution in [2.45, 2.75) is 19.6 Å². The molecule has 0 aliphatic heterocycles. The minimum Gasteiger partial charge on any atom is -0.352 e. The molecule has 0 saturated heterocycles. The second kappa shape index (κ2) is 8.26. The van der Waals surface area contributed by atoms with Crippen LogP contribution in [0.15, 0.2) is 59.4 Å². The first kappa shape index (κ1) is 16.2. The molecular formula is C17H20N6S. The number of nitrogens with zero attached hydrogens (tertiary/aromatic N) is 4. The molecule has 1 aromatic carbocycles. The van der Waals surface area contributed by atoms with Gasteiger partial charge in [0.2, 0.25) is 0 Å². The van der Waals surface area contributed by atoms with Gasteiger partial charge in [-0.3, -0.25) is 4.99 Å². The highest BCUT2D eigenvalue weighted by Crippen LogP contribution is 2.08. The predicted molar refractivity (Wildman–Crippen MR) is 96.9 cm³/mol. The third kappa shape index (κ3) is 4.66. The molecule has 0 amide bonds. The first-order chi connectivity index (χ1) is 11.8. The molecule has 124 valence electrons. The maximum Gasteiger partial charge on any atom is 0.191 e. The first-order valence-electron chi connectivity index (χ1n) is 7.70. The Morgan fingerprint density at radius 1 is 1.17 bits per heavy atom. The van der Waals surface area contributed by atoms with E-state index in [1.807, 2.05) is 4.68 Å². The number of aliphatic imine (C=N–C) groups is 1. The average molecular weight is 340 g/mol. The Kier molecular flexibility index (Phi) is 5.57. The van der Waals surface area contributed by atoms with E-state index < -0.39 is 0 Å². The molecule has 0 bridgehead atoms.